The third-order valence-corrected chi connectivity index (χ3v) is 1.49. The topological polar surface area (TPSA) is 17.1 Å². The smallest absolute Gasteiger partial charge is 0.151 e. The van der Waals surface area contributed by atoms with E-state index in [1.165, 1.54) is 6.07 Å². The van der Waals surface area contributed by atoms with Crippen LogP contribution in [0, 0.1) is 0 Å². The Balaban J connectivity index is 3.21. The highest BCUT2D eigenvalue weighted by Crippen LogP contribution is 2.10. The monoisotopic (exact) mass is 150 g/mol. The van der Waals surface area contributed by atoms with Gasteiger partial charge >= 0.3 is 0 Å². The Morgan fingerprint density at radius 2 is 2.20 bits per heavy atom. The van der Waals surface area contributed by atoms with Gasteiger partial charge < -0.3 is 0 Å². The highest BCUT2D eigenvalue weighted by Gasteiger charge is 1.96. The summed E-state index contributed by atoms with van der Waals surface area (Å²) >= 11 is 5.61. The lowest BCUT2D eigenvalue weighted by Gasteiger charge is -1.95. The zero-order valence-corrected chi connectivity index (χ0v) is 5.93. The van der Waals surface area contributed by atoms with Crippen LogP contribution in [0.3, 0.4) is 0 Å². The minimum absolute atomic E-state index is 0.432. The number of aldehydes is 1. The van der Waals surface area contributed by atoms with Crippen LogP contribution < -0.4 is 5.46 Å². The highest BCUT2D eigenvalue weighted by atomic mass is 35.5. The lowest BCUT2D eigenvalue weighted by molar-refractivity contribution is 0.112. The van der Waals surface area contributed by atoms with Crippen molar-refractivity contribution < 1.29 is 4.79 Å². The lowest BCUT2D eigenvalue weighted by atomic mass is 9.95. The summed E-state index contributed by atoms with van der Waals surface area (Å²) < 4.78 is 0. The lowest BCUT2D eigenvalue weighted by Crippen LogP contribution is -2.02. The molecule has 0 spiro atoms. The molecule has 1 aromatic rings. The normalized spacial score (nSPS) is 9.30. The van der Waals surface area contributed by atoms with E-state index in [1.807, 2.05) is 0 Å². The van der Waals surface area contributed by atoms with Crippen molar-refractivity contribution in [2.45, 2.75) is 0 Å². The van der Waals surface area contributed by atoms with E-state index in [1.54, 1.807) is 12.1 Å². The molecule has 48 valence electrons. The quantitative estimate of drug-likeness (QED) is 0.430. The van der Waals surface area contributed by atoms with Gasteiger partial charge in [0.1, 0.15) is 7.85 Å². The third-order valence-electron chi connectivity index (χ3n) is 1.15. The SMILES string of the molecule is [B]c1ccc(Cl)c(C=O)c1. The molecule has 0 fully saturated rings. The van der Waals surface area contributed by atoms with Crippen molar-refractivity contribution >= 4 is 31.2 Å². The average molecular weight is 150 g/mol. The van der Waals surface area contributed by atoms with E-state index in [0.29, 0.717) is 22.3 Å². The summed E-state index contributed by atoms with van der Waals surface area (Å²) in [5.74, 6) is 0. The number of halogens is 1. The van der Waals surface area contributed by atoms with E-state index in [9.17, 15) is 4.79 Å². The Kier molecular flexibility index (Phi) is 2.12. The molecule has 0 bridgehead atoms. The van der Waals surface area contributed by atoms with Gasteiger partial charge in [0.05, 0.1) is 5.02 Å². The predicted molar refractivity (Wildman–Crippen MR) is 42.2 cm³/mol. The van der Waals surface area contributed by atoms with Crippen molar-refractivity contribution in [3.63, 3.8) is 0 Å². The van der Waals surface area contributed by atoms with Crippen molar-refractivity contribution in [2.75, 3.05) is 0 Å². The van der Waals surface area contributed by atoms with Gasteiger partial charge in [0, 0.05) is 5.56 Å². The second-order valence-corrected chi connectivity index (χ2v) is 2.31. The number of rotatable bonds is 1. The van der Waals surface area contributed by atoms with E-state index < -0.39 is 0 Å². The molecule has 0 N–H and O–H groups in total. The molecule has 0 aliphatic rings. The maximum absolute atomic E-state index is 10.2. The van der Waals surface area contributed by atoms with Gasteiger partial charge in [0.25, 0.3) is 0 Å². The van der Waals surface area contributed by atoms with Crippen molar-refractivity contribution in [2.24, 2.45) is 0 Å². The van der Waals surface area contributed by atoms with E-state index in [-0.39, 0.29) is 0 Å². The molecule has 0 saturated carbocycles. The average Bonchev–Trinajstić information content (AvgIpc) is 1.94. The maximum atomic E-state index is 10.2. The fourth-order valence-corrected chi connectivity index (χ4v) is 0.815. The van der Waals surface area contributed by atoms with Gasteiger partial charge in [-0.15, -0.1) is 0 Å². The van der Waals surface area contributed by atoms with Crippen LogP contribution in [0.25, 0.3) is 0 Å². The van der Waals surface area contributed by atoms with Gasteiger partial charge in [-0.3, -0.25) is 4.79 Å². The minimum atomic E-state index is 0.432. The van der Waals surface area contributed by atoms with Crippen LogP contribution in [0.5, 0.6) is 0 Å². The molecule has 1 aromatic carbocycles. The zero-order valence-electron chi connectivity index (χ0n) is 5.17. The van der Waals surface area contributed by atoms with Gasteiger partial charge in [0.15, 0.2) is 6.29 Å². The molecule has 0 aliphatic carbocycles. The first-order valence-corrected chi connectivity index (χ1v) is 3.12. The summed E-state index contributed by atoms with van der Waals surface area (Å²) in [7, 11) is 5.39. The van der Waals surface area contributed by atoms with Crippen molar-refractivity contribution in [3.8, 4) is 0 Å². The Morgan fingerprint density at radius 1 is 1.50 bits per heavy atom. The van der Waals surface area contributed by atoms with Crippen molar-refractivity contribution in [1.82, 2.24) is 0 Å². The summed E-state index contributed by atoms with van der Waals surface area (Å²) in [5, 5.41) is 0.434. The molecule has 3 heteroatoms. The van der Waals surface area contributed by atoms with Crippen molar-refractivity contribution in [1.29, 1.82) is 0 Å². The van der Waals surface area contributed by atoms with Crippen LogP contribution >= 0.6 is 11.6 Å². The van der Waals surface area contributed by atoms with Crippen LogP contribution in [0.1, 0.15) is 10.4 Å². The molecule has 1 nitrogen and oxygen atoms in total. The van der Waals surface area contributed by atoms with Gasteiger partial charge in [-0.1, -0.05) is 29.2 Å². The summed E-state index contributed by atoms with van der Waals surface area (Å²) in [6, 6.07) is 4.78. The first-order valence-electron chi connectivity index (χ1n) is 2.74. The molecule has 0 unspecified atom stereocenters. The fourth-order valence-electron chi connectivity index (χ4n) is 0.653. The number of hydrogen-bond acceptors (Lipinski definition) is 1. The van der Waals surface area contributed by atoms with Crippen LogP contribution in [0.15, 0.2) is 18.2 Å². The summed E-state index contributed by atoms with van der Waals surface area (Å²) in [6.45, 7) is 0. The van der Waals surface area contributed by atoms with Gasteiger partial charge in [-0.25, -0.2) is 0 Å². The highest BCUT2D eigenvalue weighted by molar-refractivity contribution is 6.36. The maximum Gasteiger partial charge on any atom is 0.151 e. The van der Waals surface area contributed by atoms with Crippen LogP contribution in [0.2, 0.25) is 5.02 Å². The standard InChI is InChI=1S/C7H4BClO/c8-6-1-2-7(9)5(3-6)4-10/h1-4H. The Labute approximate surface area is 65.4 Å². The number of carbonyl (C=O) groups excluding carboxylic acids is 1. The molecule has 10 heavy (non-hydrogen) atoms. The molecule has 0 atom stereocenters. The number of carbonyl (C=O) groups is 1. The molecule has 0 aromatic heterocycles. The van der Waals surface area contributed by atoms with E-state index in [2.05, 4.69) is 0 Å². The predicted octanol–water partition coefficient (Wildman–Crippen LogP) is 0.946. The molecule has 1 rings (SSSR count). The first-order chi connectivity index (χ1) is 4.74. The molecular formula is C7H4BClO. The molecule has 0 aliphatic heterocycles. The van der Waals surface area contributed by atoms with Gasteiger partial charge in [-0.2, -0.15) is 0 Å². The van der Waals surface area contributed by atoms with E-state index in [0.717, 1.165) is 0 Å². The van der Waals surface area contributed by atoms with Crippen LogP contribution in [-0.2, 0) is 0 Å². The first kappa shape index (κ1) is 7.35. The third kappa shape index (κ3) is 1.39. The van der Waals surface area contributed by atoms with Crippen LogP contribution in [-0.4, -0.2) is 14.1 Å². The number of benzene rings is 1. The van der Waals surface area contributed by atoms with Crippen molar-refractivity contribution in [3.05, 3.63) is 28.8 Å². The fraction of sp³-hybridized carbons (Fsp3) is 0. The Bertz CT molecular complexity index is 260. The van der Waals surface area contributed by atoms with E-state index >= 15 is 0 Å². The second kappa shape index (κ2) is 2.89. The second-order valence-electron chi connectivity index (χ2n) is 1.90. The van der Waals surface area contributed by atoms with Gasteiger partial charge in [-0.05, 0) is 6.07 Å². The molecule has 0 heterocycles. The Morgan fingerprint density at radius 3 is 2.70 bits per heavy atom. The molecule has 2 radical (unpaired) electrons. The Hall–Kier alpha value is -0.755. The zero-order chi connectivity index (χ0) is 7.56. The summed E-state index contributed by atoms with van der Waals surface area (Å²) in [5.41, 5.74) is 0.980. The molecule has 0 saturated heterocycles. The minimum Gasteiger partial charge on any atom is -0.298 e. The molecular weight excluding hydrogens is 146 g/mol. The molecule has 0 amide bonds. The van der Waals surface area contributed by atoms with Gasteiger partial charge in [0.2, 0.25) is 0 Å². The summed E-state index contributed by atoms with van der Waals surface area (Å²) in [6.07, 6.45) is 0.679. The summed E-state index contributed by atoms with van der Waals surface area (Å²) in [4.78, 5) is 10.2. The largest absolute Gasteiger partial charge is 0.298 e. The van der Waals surface area contributed by atoms with Crippen LogP contribution in [0.4, 0.5) is 0 Å². The number of hydrogen-bond donors (Lipinski definition) is 0. The van der Waals surface area contributed by atoms with E-state index in [4.69, 9.17) is 19.4 Å².